The van der Waals surface area contributed by atoms with Gasteiger partial charge in [-0.3, -0.25) is 10.1 Å². The second kappa shape index (κ2) is 6.14. The Hall–Kier alpha value is -1.15. The maximum atomic E-state index is 11.0. The van der Waals surface area contributed by atoms with Gasteiger partial charge < -0.3 is 10.6 Å². The normalized spacial score (nSPS) is 15.1. The Labute approximate surface area is 119 Å². The van der Waals surface area contributed by atoms with Crippen LogP contribution in [0.15, 0.2) is 29.8 Å². The van der Waals surface area contributed by atoms with Crippen molar-refractivity contribution in [2.24, 2.45) is 0 Å². The quantitative estimate of drug-likeness (QED) is 0.375. The van der Waals surface area contributed by atoms with Crippen LogP contribution in [0, 0.1) is 13.7 Å². The number of anilines is 1. The van der Waals surface area contributed by atoms with Crippen molar-refractivity contribution < 1.29 is 4.92 Å². The molecule has 0 aromatic heterocycles. The molecule has 1 aliphatic heterocycles. The average Bonchev–Trinajstić information content (AvgIpc) is 2.38. The first kappa shape index (κ1) is 13.3. The molecule has 0 bridgehead atoms. The standard InChI is InChI=1S/C12H14IN3O2/c13-10-1-2-11(12(7-10)16(17)18)15-8-9-3-5-14-6-4-9/h1-3,7,14-15H,4-6,8H2. The Morgan fingerprint density at radius 3 is 3.00 bits per heavy atom. The number of nitro benzene ring substituents is 1. The molecule has 0 aliphatic carbocycles. The van der Waals surface area contributed by atoms with Gasteiger partial charge in [0.25, 0.3) is 5.69 Å². The molecule has 5 nitrogen and oxygen atoms in total. The minimum Gasteiger partial charge on any atom is -0.376 e. The molecular weight excluding hydrogens is 345 g/mol. The summed E-state index contributed by atoms with van der Waals surface area (Å²) in [6, 6.07) is 5.22. The van der Waals surface area contributed by atoms with Crippen LogP contribution in [-0.2, 0) is 0 Å². The second-order valence-electron chi connectivity index (χ2n) is 4.09. The number of hydrogen-bond acceptors (Lipinski definition) is 4. The van der Waals surface area contributed by atoms with Crippen LogP contribution in [0.25, 0.3) is 0 Å². The highest BCUT2D eigenvalue weighted by molar-refractivity contribution is 14.1. The zero-order valence-corrected chi connectivity index (χ0v) is 11.9. The SMILES string of the molecule is O=[N+]([O-])c1cc(I)ccc1NCC1=CCNCC1. The molecule has 0 saturated carbocycles. The number of hydrogen-bond donors (Lipinski definition) is 2. The molecule has 96 valence electrons. The Morgan fingerprint density at radius 2 is 2.33 bits per heavy atom. The van der Waals surface area contributed by atoms with Crippen LogP contribution in [0.1, 0.15) is 6.42 Å². The van der Waals surface area contributed by atoms with E-state index in [9.17, 15) is 10.1 Å². The van der Waals surface area contributed by atoms with E-state index in [0.29, 0.717) is 12.2 Å². The summed E-state index contributed by atoms with van der Waals surface area (Å²) in [7, 11) is 0. The van der Waals surface area contributed by atoms with E-state index >= 15 is 0 Å². The molecule has 6 heteroatoms. The van der Waals surface area contributed by atoms with E-state index in [2.05, 4.69) is 39.3 Å². The highest BCUT2D eigenvalue weighted by Gasteiger charge is 2.14. The molecular formula is C12H14IN3O2. The Bertz CT molecular complexity index is 488. The van der Waals surface area contributed by atoms with Crippen molar-refractivity contribution in [1.82, 2.24) is 5.32 Å². The number of nitrogens with one attached hydrogen (secondary N) is 2. The predicted octanol–water partition coefficient (Wildman–Crippen LogP) is 2.53. The third-order valence-corrected chi connectivity index (χ3v) is 3.49. The van der Waals surface area contributed by atoms with E-state index in [1.165, 1.54) is 5.57 Å². The zero-order chi connectivity index (χ0) is 13.0. The first-order chi connectivity index (χ1) is 8.66. The van der Waals surface area contributed by atoms with Gasteiger partial charge in [0, 0.05) is 22.7 Å². The van der Waals surface area contributed by atoms with E-state index in [4.69, 9.17) is 0 Å². The number of nitro groups is 1. The van der Waals surface area contributed by atoms with Crippen LogP contribution in [0.5, 0.6) is 0 Å². The van der Waals surface area contributed by atoms with Crippen LogP contribution in [0.4, 0.5) is 11.4 Å². The van der Waals surface area contributed by atoms with Gasteiger partial charge in [-0.1, -0.05) is 11.6 Å². The molecule has 18 heavy (non-hydrogen) atoms. The molecule has 1 aliphatic rings. The lowest BCUT2D eigenvalue weighted by Crippen LogP contribution is -2.23. The minimum absolute atomic E-state index is 0.136. The molecule has 0 fully saturated rings. The molecule has 0 spiro atoms. The van der Waals surface area contributed by atoms with Gasteiger partial charge in [0.05, 0.1) is 4.92 Å². The third-order valence-electron chi connectivity index (χ3n) is 2.82. The maximum Gasteiger partial charge on any atom is 0.293 e. The van der Waals surface area contributed by atoms with Crippen LogP contribution in [0.2, 0.25) is 0 Å². The van der Waals surface area contributed by atoms with Gasteiger partial charge in [-0.15, -0.1) is 0 Å². The van der Waals surface area contributed by atoms with Crippen molar-refractivity contribution in [3.8, 4) is 0 Å². The van der Waals surface area contributed by atoms with E-state index in [-0.39, 0.29) is 10.6 Å². The zero-order valence-electron chi connectivity index (χ0n) is 9.78. The van der Waals surface area contributed by atoms with Crippen molar-refractivity contribution in [2.45, 2.75) is 6.42 Å². The monoisotopic (exact) mass is 359 g/mol. The highest BCUT2D eigenvalue weighted by atomic mass is 127. The van der Waals surface area contributed by atoms with Crippen LogP contribution in [-0.4, -0.2) is 24.6 Å². The number of rotatable bonds is 4. The van der Waals surface area contributed by atoms with Gasteiger partial charge in [-0.05, 0) is 47.7 Å². The first-order valence-electron chi connectivity index (χ1n) is 5.73. The van der Waals surface area contributed by atoms with Gasteiger partial charge in [0.1, 0.15) is 5.69 Å². The molecule has 2 rings (SSSR count). The summed E-state index contributed by atoms with van der Waals surface area (Å²) in [5.41, 5.74) is 2.01. The largest absolute Gasteiger partial charge is 0.376 e. The van der Waals surface area contributed by atoms with Gasteiger partial charge in [-0.2, -0.15) is 0 Å². The summed E-state index contributed by atoms with van der Waals surface area (Å²) in [4.78, 5) is 10.6. The molecule has 0 unspecified atom stereocenters. The fourth-order valence-electron chi connectivity index (χ4n) is 1.84. The fourth-order valence-corrected chi connectivity index (χ4v) is 2.32. The summed E-state index contributed by atoms with van der Waals surface area (Å²) in [5, 5.41) is 17.3. The topological polar surface area (TPSA) is 67.2 Å². The maximum absolute atomic E-state index is 11.0. The van der Waals surface area contributed by atoms with Crippen molar-refractivity contribution in [1.29, 1.82) is 0 Å². The number of nitrogens with zero attached hydrogens (tertiary/aromatic N) is 1. The third kappa shape index (κ3) is 3.42. The summed E-state index contributed by atoms with van der Waals surface area (Å²) in [6.45, 7) is 2.53. The molecule has 0 radical (unpaired) electrons. The van der Waals surface area contributed by atoms with Crippen LogP contribution < -0.4 is 10.6 Å². The smallest absolute Gasteiger partial charge is 0.293 e. The van der Waals surface area contributed by atoms with Crippen molar-refractivity contribution in [3.63, 3.8) is 0 Å². The van der Waals surface area contributed by atoms with E-state index in [0.717, 1.165) is 23.1 Å². The molecule has 0 atom stereocenters. The van der Waals surface area contributed by atoms with Crippen molar-refractivity contribution in [3.05, 3.63) is 43.5 Å². The molecule has 0 amide bonds. The summed E-state index contributed by atoms with van der Waals surface area (Å²) < 4.78 is 0.867. The first-order valence-corrected chi connectivity index (χ1v) is 6.81. The van der Waals surface area contributed by atoms with Gasteiger partial charge >= 0.3 is 0 Å². The van der Waals surface area contributed by atoms with E-state index in [1.54, 1.807) is 12.1 Å². The van der Waals surface area contributed by atoms with E-state index < -0.39 is 0 Å². The van der Waals surface area contributed by atoms with Crippen molar-refractivity contribution in [2.75, 3.05) is 25.0 Å². The summed E-state index contributed by atoms with van der Waals surface area (Å²) in [6.07, 6.45) is 3.13. The second-order valence-corrected chi connectivity index (χ2v) is 5.33. The van der Waals surface area contributed by atoms with Gasteiger partial charge in [0.2, 0.25) is 0 Å². The predicted molar refractivity (Wildman–Crippen MR) is 79.9 cm³/mol. The van der Waals surface area contributed by atoms with Gasteiger partial charge in [-0.25, -0.2) is 0 Å². The molecule has 2 N–H and O–H groups in total. The van der Waals surface area contributed by atoms with E-state index in [1.807, 2.05) is 6.07 Å². The van der Waals surface area contributed by atoms with Crippen molar-refractivity contribution >= 4 is 34.0 Å². The van der Waals surface area contributed by atoms with Gasteiger partial charge in [0.15, 0.2) is 0 Å². The Kier molecular flexibility index (Phi) is 4.54. The molecule has 1 heterocycles. The summed E-state index contributed by atoms with van der Waals surface area (Å²) >= 11 is 2.08. The number of halogens is 1. The van der Waals surface area contributed by atoms with Crippen LogP contribution >= 0.6 is 22.6 Å². The molecule has 1 aromatic carbocycles. The van der Waals surface area contributed by atoms with Crippen LogP contribution in [0.3, 0.4) is 0 Å². The lowest BCUT2D eigenvalue weighted by molar-refractivity contribution is -0.384. The fraction of sp³-hybridized carbons (Fsp3) is 0.333. The Morgan fingerprint density at radius 1 is 1.50 bits per heavy atom. The lowest BCUT2D eigenvalue weighted by Gasteiger charge is -2.15. The lowest BCUT2D eigenvalue weighted by atomic mass is 10.1. The molecule has 0 saturated heterocycles. The summed E-state index contributed by atoms with van der Waals surface area (Å²) in [5.74, 6) is 0. The Balaban J connectivity index is 2.08. The molecule has 1 aromatic rings. The average molecular weight is 359 g/mol. The number of benzene rings is 1. The highest BCUT2D eigenvalue weighted by Crippen LogP contribution is 2.26. The minimum atomic E-state index is -0.346.